The van der Waals surface area contributed by atoms with E-state index in [1.54, 1.807) is 6.92 Å². The van der Waals surface area contributed by atoms with Crippen molar-refractivity contribution in [3.8, 4) is 0 Å². The second-order valence-corrected chi connectivity index (χ2v) is 8.28. The predicted octanol–water partition coefficient (Wildman–Crippen LogP) is 4.84. The van der Waals surface area contributed by atoms with Gasteiger partial charge < -0.3 is 4.79 Å². The summed E-state index contributed by atoms with van der Waals surface area (Å²) in [6.45, 7) is 11.5. The van der Waals surface area contributed by atoms with Crippen molar-refractivity contribution in [3.63, 3.8) is 0 Å². The molecule has 0 aromatic rings. The Labute approximate surface area is 113 Å². The van der Waals surface area contributed by atoms with Crippen molar-refractivity contribution in [1.29, 1.82) is 0 Å². The van der Waals surface area contributed by atoms with Crippen LogP contribution in [0.2, 0.25) is 0 Å². The smallest absolute Gasteiger partial charge is 0.130 e. The monoisotopic (exact) mass is 250 g/mol. The van der Waals surface area contributed by atoms with Gasteiger partial charge in [-0.2, -0.15) is 0 Å². The zero-order valence-electron chi connectivity index (χ0n) is 12.9. The number of rotatable bonds is 2. The van der Waals surface area contributed by atoms with Crippen LogP contribution in [-0.4, -0.2) is 5.78 Å². The number of ketones is 1. The lowest BCUT2D eigenvalue weighted by Crippen LogP contribution is -2.46. The molecule has 2 rings (SSSR count). The fourth-order valence-corrected chi connectivity index (χ4v) is 4.69. The number of carbonyl (C=O) groups excluding carboxylic acids is 1. The van der Waals surface area contributed by atoms with E-state index in [0.29, 0.717) is 22.5 Å². The van der Waals surface area contributed by atoms with Crippen LogP contribution in [0.15, 0.2) is 0 Å². The molecule has 0 aromatic heterocycles. The summed E-state index contributed by atoms with van der Waals surface area (Å²) in [4.78, 5) is 11.5. The highest BCUT2D eigenvalue weighted by atomic mass is 16.1. The van der Waals surface area contributed by atoms with E-state index in [1.165, 1.54) is 32.1 Å². The SMILES string of the molecule is CC(=O)CC1CC2CCCC(C)(C)C2CC1(C)C. The summed E-state index contributed by atoms with van der Waals surface area (Å²) in [6.07, 6.45) is 7.60. The molecule has 3 atom stereocenters. The van der Waals surface area contributed by atoms with E-state index in [1.807, 2.05) is 0 Å². The molecule has 0 amide bonds. The number of carbonyl (C=O) groups is 1. The fraction of sp³-hybridized carbons (Fsp3) is 0.941. The van der Waals surface area contributed by atoms with Crippen LogP contribution in [0.4, 0.5) is 0 Å². The Bertz CT molecular complexity index is 327. The summed E-state index contributed by atoms with van der Waals surface area (Å²) in [5, 5.41) is 0. The van der Waals surface area contributed by atoms with Crippen molar-refractivity contribution in [1.82, 2.24) is 0 Å². The van der Waals surface area contributed by atoms with Crippen LogP contribution in [-0.2, 0) is 4.79 Å². The van der Waals surface area contributed by atoms with Gasteiger partial charge >= 0.3 is 0 Å². The van der Waals surface area contributed by atoms with Crippen LogP contribution in [0, 0.1) is 28.6 Å². The summed E-state index contributed by atoms with van der Waals surface area (Å²) in [6, 6.07) is 0. The van der Waals surface area contributed by atoms with Gasteiger partial charge in [0, 0.05) is 6.42 Å². The third kappa shape index (κ3) is 2.65. The molecule has 0 bridgehead atoms. The molecule has 18 heavy (non-hydrogen) atoms. The summed E-state index contributed by atoms with van der Waals surface area (Å²) in [5.74, 6) is 2.75. The Kier molecular flexibility index (Phi) is 3.64. The largest absolute Gasteiger partial charge is 0.300 e. The highest BCUT2D eigenvalue weighted by Gasteiger charge is 2.48. The maximum absolute atomic E-state index is 11.5. The van der Waals surface area contributed by atoms with Crippen molar-refractivity contribution in [2.75, 3.05) is 0 Å². The summed E-state index contributed by atoms with van der Waals surface area (Å²) in [5.41, 5.74) is 0.864. The molecule has 104 valence electrons. The highest BCUT2D eigenvalue weighted by Crippen LogP contribution is 2.57. The number of fused-ring (bicyclic) bond motifs is 1. The van der Waals surface area contributed by atoms with Gasteiger partial charge in [-0.05, 0) is 54.8 Å². The van der Waals surface area contributed by atoms with Gasteiger partial charge in [-0.3, -0.25) is 0 Å². The van der Waals surface area contributed by atoms with Crippen LogP contribution in [0.5, 0.6) is 0 Å². The average Bonchev–Trinajstić information content (AvgIpc) is 2.19. The fourth-order valence-electron chi connectivity index (χ4n) is 4.69. The van der Waals surface area contributed by atoms with E-state index in [9.17, 15) is 4.79 Å². The van der Waals surface area contributed by atoms with Crippen molar-refractivity contribution in [3.05, 3.63) is 0 Å². The lowest BCUT2D eigenvalue weighted by atomic mass is 9.51. The van der Waals surface area contributed by atoms with Crippen molar-refractivity contribution >= 4 is 5.78 Å². The Morgan fingerprint density at radius 1 is 1.17 bits per heavy atom. The average molecular weight is 250 g/mol. The zero-order chi connectivity index (χ0) is 13.6. The minimum atomic E-state index is 0.349. The molecule has 1 nitrogen and oxygen atoms in total. The molecule has 0 radical (unpaired) electrons. The molecular formula is C17H30O. The Balaban J connectivity index is 2.16. The van der Waals surface area contributed by atoms with Gasteiger partial charge in [0.15, 0.2) is 0 Å². The first kappa shape index (κ1) is 14.1. The van der Waals surface area contributed by atoms with E-state index in [4.69, 9.17) is 0 Å². The molecule has 2 aliphatic rings. The van der Waals surface area contributed by atoms with Gasteiger partial charge in [0.25, 0.3) is 0 Å². The number of hydrogen-bond donors (Lipinski definition) is 0. The standard InChI is InChI=1S/C17H30O/c1-12(18)9-14-10-13-7-6-8-16(2,3)15(13)11-17(14,4)5/h13-15H,6-11H2,1-5H3. The third-order valence-electron chi connectivity index (χ3n) is 5.94. The molecule has 0 aliphatic heterocycles. The molecule has 1 heteroatoms. The molecule has 3 unspecified atom stereocenters. The maximum atomic E-state index is 11.5. The lowest BCUT2D eigenvalue weighted by Gasteiger charge is -2.54. The minimum Gasteiger partial charge on any atom is -0.300 e. The van der Waals surface area contributed by atoms with Gasteiger partial charge in [0.05, 0.1) is 0 Å². The summed E-state index contributed by atoms with van der Waals surface area (Å²) < 4.78 is 0. The molecule has 2 fully saturated rings. The van der Waals surface area contributed by atoms with Crippen molar-refractivity contribution in [2.24, 2.45) is 28.6 Å². The van der Waals surface area contributed by atoms with Crippen molar-refractivity contribution in [2.45, 2.75) is 73.1 Å². The van der Waals surface area contributed by atoms with Crippen LogP contribution in [0.25, 0.3) is 0 Å². The van der Waals surface area contributed by atoms with Gasteiger partial charge in [0.2, 0.25) is 0 Å². The molecule has 0 aromatic carbocycles. The second kappa shape index (κ2) is 4.65. The van der Waals surface area contributed by atoms with E-state index in [2.05, 4.69) is 27.7 Å². The summed E-state index contributed by atoms with van der Waals surface area (Å²) >= 11 is 0. The predicted molar refractivity (Wildman–Crippen MR) is 76.4 cm³/mol. The van der Waals surface area contributed by atoms with Crippen LogP contribution in [0.3, 0.4) is 0 Å². The Morgan fingerprint density at radius 2 is 1.83 bits per heavy atom. The van der Waals surface area contributed by atoms with Crippen LogP contribution in [0.1, 0.15) is 73.1 Å². The first-order valence-corrected chi connectivity index (χ1v) is 7.72. The molecule has 2 saturated carbocycles. The molecule has 0 N–H and O–H groups in total. The Morgan fingerprint density at radius 3 is 2.44 bits per heavy atom. The van der Waals surface area contributed by atoms with Crippen molar-refractivity contribution < 1.29 is 4.79 Å². The lowest BCUT2D eigenvalue weighted by molar-refractivity contribution is -0.121. The van der Waals surface area contributed by atoms with E-state index in [0.717, 1.165) is 18.3 Å². The topological polar surface area (TPSA) is 17.1 Å². The third-order valence-corrected chi connectivity index (χ3v) is 5.94. The Hall–Kier alpha value is -0.330. The number of hydrogen-bond acceptors (Lipinski definition) is 1. The van der Waals surface area contributed by atoms with E-state index in [-0.39, 0.29) is 0 Å². The van der Waals surface area contributed by atoms with Gasteiger partial charge in [-0.1, -0.05) is 40.5 Å². The zero-order valence-corrected chi connectivity index (χ0v) is 12.9. The quantitative estimate of drug-likeness (QED) is 0.685. The molecule has 0 heterocycles. The molecule has 0 spiro atoms. The first-order chi connectivity index (χ1) is 8.22. The van der Waals surface area contributed by atoms with Gasteiger partial charge in [0.1, 0.15) is 5.78 Å². The minimum absolute atomic E-state index is 0.349. The summed E-state index contributed by atoms with van der Waals surface area (Å²) in [7, 11) is 0. The molecule has 0 saturated heterocycles. The van der Waals surface area contributed by atoms with Gasteiger partial charge in [-0.25, -0.2) is 0 Å². The number of Topliss-reactive ketones (excluding diaryl/α,β-unsaturated/α-hetero) is 1. The van der Waals surface area contributed by atoms with E-state index >= 15 is 0 Å². The van der Waals surface area contributed by atoms with Gasteiger partial charge in [-0.15, -0.1) is 0 Å². The van der Waals surface area contributed by atoms with Crippen LogP contribution < -0.4 is 0 Å². The normalized spacial score (nSPS) is 37.9. The maximum Gasteiger partial charge on any atom is 0.130 e. The highest BCUT2D eigenvalue weighted by molar-refractivity contribution is 5.75. The first-order valence-electron chi connectivity index (χ1n) is 7.72. The van der Waals surface area contributed by atoms with Crippen LogP contribution >= 0.6 is 0 Å². The molecular weight excluding hydrogens is 220 g/mol. The second-order valence-electron chi connectivity index (χ2n) is 8.28. The molecule has 2 aliphatic carbocycles. The van der Waals surface area contributed by atoms with E-state index < -0.39 is 0 Å².